The van der Waals surface area contributed by atoms with Gasteiger partial charge >= 0.3 is 0 Å². The molecular formula is C13H19NO2. The Bertz CT molecular complexity index is 411. The molecule has 0 saturated carbocycles. The molecule has 0 unspecified atom stereocenters. The van der Waals surface area contributed by atoms with Crippen LogP contribution in [0.25, 0.3) is 0 Å². The molecule has 3 nitrogen and oxygen atoms in total. The summed E-state index contributed by atoms with van der Waals surface area (Å²) < 4.78 is 5.32. The predicted molar refractivity (Wildman–Crippen MR) is 65.2 cm³/mol. The predicted octanol–water partition coefficient (Wildman–Crippen LogP) is 2.15. The monoisotopic (exact) mass is 221 g/mol. The third-order valence-electron chi connectivity index (χ3n) is 2.90. The first-order valence-electron chi connectivity index (χ1n) is 5.41. The van der Waals surface area contributed by atoms with Gasteiger partial charge in [-0.2, -0.15) is 0 Å². The van der Waals surface area contributed by atoms with E-state index in [9.17, 15) is 4.79 Å². The largest absolute Gasteiger partial charge is 0.496 e. The summed E-state index contributed by atoms with van der Waals surface area (Å²) in [6, 6.07) is 1.89. The molecule has 0 aliphatic heterocycles. The molecule has 0 amide bonds. The zero-order chi connectivity index (χ0) is 12.3. The lowest BCUT2D eigenvalue weighted by Crippen LogP contribution is -2.11. The van der Waals surface area contributed by atoms with Crippen LogP contribution >= 0.6 is 0 Å². The minimum absolute atomic E-state index is 0.105. The fourth-order valence-corrected chi connectivity index (χ4v) is 1.93. The van der Waals surface area contributed by atoms with Crippen molar-refractivity contribution in [3.8, 4) is 5.75 Å². The molecule has 16 heavy (non-hydrogen) atoms. The van der Waals surface area contributed by atoms with Gasteiger partial charge in [0.1, 0.15) is 5.75 Å². The molecule has 1 aromatic carbocycles. The van der Waals surface area contributed by atoms with E-state index in [-0.39, 0.29) is 5.78 Å². The van der Waals surface area contributed by atoms with Gasteiger partial charge in [0.15, 0.2) is 5.78 Å². The number of benzene rings is 1. The number of aryl methyl sites for hydroxylation is 1. The van der Waals surface area contributed by atoms with E-state index in [1.54, 1.807) is 7.11 Å². The van der Waals surface area contributed by atoms with Gasteiger partial charge in [-0.05, 0) is 50.1 Å². The van der Waals surface area contributed by atoms with Gasteiger partial charge in [0.2, 0.25) is 0 Å². The van der Waals surface area contributed by atoms with Crippen molar-refractivity contribution < 1.29 is 9.53 Å². The average Bonchev–Trinajstić information content (AvgIpc) is 2.24. The number of nitrogens with two attached hydrogens (primary N) is 1. The highest BCUT2D eigenvalue weighted by Gasteiger charge is 2.15. The van der Waals surface area contributed by atoms with Crippen molar-refractivity contribution >= 4 is 5.78 Å². The number of Topliss-reactive ketones (excluding diaryl/α,β-unsaturated/α-hetero) is 1. The number of rotatable bonds is 4. The lowest BCUT2D eigenvalue weighted by Gasteiger charge is -2.14. The molecule has 3 heteroatoms. The van der Waals surface area contributed by atoms with Crippen molar-refractivity contribution in [1.82, 2.24) is 0 Å². The molecule has 0 fully saturated rings. The quantitative estimate of drug-likeness (QED) is 0.793. The van der Waals surface area contributed by atoms with Crippen LogP contribution in [-0.4, -0.2) is 19.4 Å². The van der Waals surface area contributed by atoms with Crippen LogP contribution in [0, 0.1) is 20.8 Å². The highest BCUT2D eigenvalue weighted by atomic mass is 16.5. The Morgan fingerprint density at radius 2 is 1.94 bits per heavy atom. The van der Waals surface area contributed by atoms with Crippen LogP contribution in [0.1, 0.15) is 33.5 Å². The van der Waals surface area contributed by atoms with E-state index in [4.69, 9.17) is 10.5 Å². The summed E-state index contributed by atoms with van der Waals surface area (Å²) in [7, 11) is 1.65. The molecule has 0 aliphatic rings. The second kappa shape index (κ2) is 5.12. The van der Waals surface area contributed by atoms with E-state index >= 15 is 0 Å². The van der Waals surface area contributed by atoms with E-state index in [0.717, 1.165) is 28.0 Å². The summed E-state index contributed by atoms with van der Waals surface area (Å²) >= 11 is 0. The van der Waals surface area contributed by atoms with Crippen molar-refractivity contribution in [1.29, 1.82) is 0 Å². The molecule has 0 spiro atoms. The topological polar surface area (TPSA) is 52.3 Å². The lowest BCUT2D eigenvalue weighted by atomic mass is 9.95. The Morgan fingerprint density at radius 1 is 1.31 bits per heavy atom. The second-order valence-corrected chi connectivity index (χ2v) is 3.99. The van der Waals surface area contributed by atoms with Crippen molar-refractivity contribution in [2.24, 2.45) is 5.73 Å². The molecule has 88 valence electrons. The van der Waals surface area contributed by atoms with Gasteiger partial charge in [0, 0.05) is 12.0 Å². The van der Waals surface area contributed by atoms with E-state index < -0.39 is 0 Å². The number of ketones is 1. The van der Waals surface area contributed by atoms with Crippen LogP contribution in [-0.2, 0) is 0 Å². The molecule has 2 N–H and O–H groups in total. The highest BCUT2D eigenvalue weighted by Crippen LogP contribution is 2.28. The van der Waals surface area contributed by atoms with E-state index in [2.05, 4.69) is 0 Å². The number of hydrogen-bond donors (Lipinski definition) is 1. The summed E-state index contributed by atoms with van der Waals surface area (Å²) in [5.41, 5.74) is 9.18. The Labute approximate surface area is 96.6 Å². The Morgan fingerprint density at radius 3 is 2.44 bits per heavy atom. The van der Waals surface area contributed by atoms with Crippen LogP contribution in [0.4, 0.5) is 0 Å². The molecular weight excluding hydrogens is 202 g/mol. The van der Waals surface area contributed by atoms with Gasteiger partial charge in [0.25, 0.3) is 0 Å². The van der Waals surface area contributed by atoms with Gasteiger partial charge in [0.05, 0.1) is 7.11 Å². The van der Waals surface area contributed by atoms with Gasteiger partial charge < -0.3 is 10.5 Å². The van der Waals surface area contributed by atoms with E-state index in [1.165, 1.54) is 0 Å². The zero-order valence-corrected chi connectivity index (χ0v) is 10.4. The fraction of sp³-hybridized carbons (Fsp3) is 0.462. The lowest BCUT2D eigenvalue weighted by molar-refractivity contribution is 0.0984. The standard InChI is InChI=1S/C13H19NO2/c1-8-7-11(12(15)5-6-14)9(2)10(3)13(8)16-4/h7H,5-6,14H2,1-4H3. The minimum atomic E-state index is 0.105. The molecule has 0 aromatic heterocycles. The van der Waals surface area contributed by atoms with Gasteiger partial charge in [-0.25, -0.2) is 0 Å². The molecule has 0 radical (unpaired) electrons. The van der Waals surface area contributed by atoms with Crippen LogP contribution in [0.5, 0.6) is 5.75 Å². The van der Waals surface area contributed by atoms with Crippen molar-refractivity contribution in [2.75, 3.05) is 13.7 Å². The molecule has 0 saturated heterocycles. The molecule has 0 aliphatic carbocycles. The molecule has 1 aromatic rings. The molecule has 0 heterocycles. The van der Waals surface area contributed by atoms with Gasteiger partial charge in [-0.15, -0.1) is 0 Å². The summed E-state index contributed by atoms with van der Waals surface area (Å²) in [6.07, 6.45) is 0.395. The van der Waals surface area contributed by atoms with Crippen molar-refractivity contribution in [3.05, 3.63) is 28.3 Å². The first-order valence-corrected chi connectivity index (χ1v) is 5.41. The number of hydrogen-bond acceptors (Lipinski definition) is 3. The van der Waals surface area contributed by atoms with Crippen LogP contribution in [0.3, 0.4) is 0 Å². The number of methoxy groups -OCH3 is 1. The smallest absolute Gasteiger partial charge is 0.164 e. The highest BCUT2D eigenvalue weighted by molar-refractivity contribution is 5.98. The van der Waals surface area contributed by atoms with Gasteiger partial charge in [-0.3, -0.25) is 4.79 Å². The van der Waals surface area contributed by atoms with E-state index in [1.807, 2.05) is 26.8 Å². The van der Waals surface area contributed by atoms with E-state index in [0.29, 0.717) is 13.0 Å². The Balaban J connectivity index is 3.28. The SMILES string of the molecule is COc1c(C)cc(C(=O)CCN)c(C)c1C. The van der Waals surface area contributed by atoms with Gasteiger partial charge in [-0.1, -0.05) is 0 Å². The zero-order valence-electron chi connectivity index (χ0n) is 10.4. The molecule has 0 atom stereocenters. The maximum atomic E-state index is 11.8. The Hall–Kier alpha value is -1.35. The second-order valence-electron chi connectivity index (χ2n) is 3.99. The summed E-state index contributed by atoms with van der Waals surface area (Å²) in [5.74, 6) is 0.968. The van der Waals surface area contributed by atoms with Crippen molar-refractivity contribution in [2.45, 2.75) is 27.2 Å². The third kappa shape index (κ3) is 2.25. The molecule has 1 rings (SSSR count). The fourth-order valence-electron chi connectivity index (χ4n) is 1.93. The first-order chi connectivity index (χ1) is 7.52. The maximum Gasteiger partial charge on any atom is 0.164 e. The van der Waals surface area contributed by atoms with Crippen molar-refractivity contribution in [3.63, 3.8) is 0 Å². The Kier molecular flexibility index (Phi) is 4.07. The third-order valence-corrected chi connectivity index (χ3v) is 2.90. The average molecular weight is 221 g/mol. The summed E-state index contributed by atoms with van der Waals surface area (Å²) in [5, 5.41) is 0. The molecule has 0 bridgehead atoms. The minimum Gasteiger partial charge on any atom is -0.496 e. The summed E-state index contributed by atoms with van der Waals surface area (Å²) in [4.78, 5) is 11.8. The van der Waals surface area contributed by atoms with Crippen LogP contribution in [0.2, 0.25) is 0 Å². The number of carbonyl (C=O) groups excluding carboxylic acids is 1. The number of carbonyl (C=O) groups is 1. The first kappa shape index (κ1) is 12.7. The maximum absolute atomic E-state index is 11.8. The van der Waals surface area contributed by atoms with Crippen LogP contribution in [0.15, 0.2) is 6.07 Å². The normalized spacial score (nSPS) is 10.3. The van der Waals surface area contributed by atoms with Crippen LogP contribution < -0.4 is 10.5 Å². The number of ether oxygens (including phenoxy) is 1. The summed E-state index contributed by atoms with van der Waals surface area (Å²) in [6.45, 7) is 6.26.